The molecule has 0 atom stereocenters. The second-order valence-corrected chi connectivity index (χ2v) is 9.62. The molecule has 0 saturated heterocycles. The van der Waals surface area contributed by atoms with Crippen molar-refractivity contribution in [1.82, 2.24) is 9.47 Å². The molecule has 3 aromatic carbocycles. The summed E-state index contributed by atoms with van der Waals surface area (Å²) in [5.41, 5.74) is 6.02. The molecule has 36 heavy (non-hydrogen) atoms. The highest BCUT2D eigenvalue weighted by Gasteiger charge is 2.35. The molecule has 0 N–H and O–H groups in total. The van der Waals surface area contributed by atoms with E-state index < -0.39 is 0 Å². The Kier molecular flexibility index (Phi) is 5.86. The summed E-state index contributed by atoms with van der Waals surface area (Å²) in [4.78, 5) is 15.8. The predicted octanol–water partition coefficient (Wildman–Crippen LogP) is 6.37. The minimum absolute atomic E-state index is 0.0557. The molecule has 0 unspecified atom stereocenters. The molecule has 0 saturated carbocycles. The molecule has 4 aromatic rings. The lowest BCUT2D eigenvalue weighted by atomic mass is 9.98. The van der Waals surface area contributed by atoms with E-state index in [-0.39, 0.29) is 5.78 Å². The number of hydrogen-bond donors (Lipinski definition) is 0. The number of benzene rings is 3. The number of carbonyl (C=O) groups excluding carboxylic acids is 1. The number of Topliss-reactive ketones (excluding diaryl/α,β-unsaturated/α-hetero) is 1. The van der Waals surface area contributed by atoms with E-state index in [0.29, 0.717) is 30.3 Å². The van der Waals surface area contributed by atoms with Crippen LogP contribution in [-0.2, 0) is 19.5 Å². The van der Waals surface area contributed by atoms with E-state index in [1.54, 1.807) is 0 Å². The average Bonchev–Trinajstić information content (AvgIpc) is 3.43. The Bertz CT molecular complexity index is 1480. The Balaban J connectivity index is 1.27. The molecule has 0 aliphatic carbocycles. The van der Waals surface area contributed by atoms with Crippen molar-refractivity contribution in [3.05, 3.63) is 100 Å². The highest BCUT2D eigenvalue weighted by atomic mass is 16.5. The van der Waals surface area contributed by atoms with Gasteiger partial charge in [0, 0.05) is 42.3 Å². The predicted molar refractivity (Wildman–Crippen MR) is 142 cm³/mol. The fourth-order valence-electron chi connectivity index (χ4n) is 5.36. The Labute approximate surface area is 211 Å². The van der Waals surface area contributed by atoms with Crippen molar-refractivity contribution < 1.29 is 14.3 Å². The van der Waals surface area contributed by atoms with Gasteiger partial charge in [0.2, 0.25) is 5.78 Å². The van der Waals surface area contributed by atoms with E-state index in [4.69, 9.17) is 9.47 Å². The van der Waals surface area contributed by atoms with E-state index >= 15 is 0 Å². The molecule has 5 heteroatoms. The molecule has 2 aliphatic heterocycles. The quantitative estimate of drug-likeness (QED) is 0.302. The van der Waals surface area contributed by atoms with Gasteiger partial charge < -0.3 is 14.0 Å². The lowest BCUT2D eigenvalue weighted by Crippen LogP contribution is -2.33. The third kappa shape index (κ3) is 3.99. The Morgan fingerprint density at radius 1 is 1.06 bits per heavy atom. The number of aryl methyl sites for hydroxylation is 3. The fourth-order valence-corrected chi connectivity index (χ4v) is 5.36. The van der Waals surface area contributed by atoms with Gasteiger partial charge in [-0.2, -0.15) is 0 Å². The highest BCUT2D eigenvalue weighted by Crippen LogP contribution is 2.44. The van der Waals surface area contributed by atoms with Gasteiger partial charge in [-0.15, -0.1) is 0 Å². The van der Waals surface area contributed by atoms with Crippen molar-refractivity contribution in [2.24, 2.45) is 0 Å². The van der Waals surface area contributed by atoms with Crippen LogP contribution >= 0.6 is 0 Å². The topological polar surface area (TPSA) is 43.7 Å². The lowest BCUT2D eigenvalue weighted by molar-refractivity contribution is 0.0928. The third-order valence-corrected chi connectivity index (χ3v) is 7.22. The van der Waals surface area contributed by atoms with E-state index in [0.717, 1.165) is 59.3 Å². The third-order valence-electron chi connectivity index (χ3n) is 7.22. The summed E-state index contributed by atoms with van der Waals surface area (Å²) in [6.45, 7) is 7.13. The zero-order chi connectivity index (χ0) is 24.6. The minimum Gasteiger partial charge on any atom is -0.478 e. The van der Waals surface area contributed by atoms with Gasteiger partial charge in [-0.3, -0.25) is 9.69 Å². The number of aromatic nitrogens is 1. The molecule has 0 amide bonds. The summed E-state index contributed by atoms with van der Waals surface area (Å²) in [7, 11) is 0. The number of ketones is 1. The number of fused-ring (bicyclic) bond motifs is 4. The molecule has 0 bridgehead atoms. The maximum absolute atomic E-state index is 13.5. The number of allylic oxidation sites excluding steroid dienone is 1. The molecule has 5 nitrogen and oxygen atoms in total. The van der Waals surface area contributed by atoms with Crippen molar-refractivity contribution in [1.29, 1.82) is 0 Å². The van der Waals surface area contributed by atoms with Gasteiger partial charge in [0.1, 0.15) is 18.2 Å². The van der Waals surface area contributed by atoms with E-state index in [2.05, 4.69) is 59.0 Å². The second kappa shape index (κ2) is 9.32. The van der Waals surface area contributed by atoms with Crippen LogP contribution in [0, 0.1) is 6.92 Å². The van der Waals surface area contributed by atoms with Gasteiger partial charge in [-0.1, -0.05) is 48.5 Å². The Hall–Kier alpha value is -3.83. The van der Waals surface area contributed by atoms with Crippen molar-refractivity contribution in [2.45, 2.75) is 39.8 Å². The van der Waals surface area contributed by atoms with Gasteiger partial charge >= 0.3 is 0 Å². The molecular weight excluding hydrogens is 448 g/mol. The summed E-state index contributed by atoms with van der Waals surface area (Å²) in [6.07, 6.45) is 6.06. The standard InChI is InChI=1S/C31H30N2O3/c1-3-33-18-23(24-13-7-8-14-26(24)33)17-28-30(34)29-21(2)16-27-25(31(29)36-28)19-32(20-35-27)15-9-12-22-10-5-4-6-11-22/h4-8,10-11,13-14,16-18H,3,9,12,15,19-20H2,1-2H3/b28-17-. The van der Waals surface area contributed by atoms with Crippen LogP contribution in [0.4, 0.5) is 0 Å². The van der Waals surface area contributed by atoms with Crippen LogP contribution < -0.4 is 9.47 Å². The van der Waals surface area contributed by atoms with Crippen molar-refractivity contribution in [3.8, 4) is 11.5 Å². The van der Waals surface area contributed by atoms with Crippen LogP contribution in [0.25, 0.3) is 17.0 Å². The monoisotopic (exact) mass is 478 g/mol. The Morgan fingerprint density at radius 3 is 2.69 bits per heavy atom. The summed E-state index contributed by atoms with van der Waals surface area (Å²) in [5, 5.41) is 1.12. The number of para-hydroxylation sites is 1. The molecule has 182 valence electrons. The molecule has 0 fully saturated rings. The molecule has 1 aromatic heterocycles. The first-order chi connectivity index (χ1) is 17.6. The zero-order valence-corrected chi connectivity index (χ0v) is 20.8. The molecule has 0 radical (unpaired) electrons. The number of hydrogen-bond acceptors (Lipinski definition) is 4. The van der Waals surface area contributed by atoms with Crippen molar-refractivity contribution >= 4 is 22.8 Å². The van der Waals surface area contributed by atoms with Crippen LogP contribution in [0.1, 0.15) is 46.0 Å². The van der Waals surface area contributed by atoms with Crippen molar-refractivity contribution in [2.75, 3.05) is 13.3 Å². The molecule has 3 heterocycles. The normalized spacial score (nSPS) is 16.2. The average molecular weight is 479 g/mol. The highest BCUT2D eigenvalue weighted by molar-refractivity contribution is 6.16. The zero-order valence-electron chi connectivity index (χ0n) is 20.8. The van der Waals surface area contributed by atoms with Gasteiger partial charge in [-0.05, 0) is 56.0 Å². The minimum atomic E-state index is -0.0557. The Morgan fingerprint density at radius 2 is 1.86 bits per heavy atom. The van der Waals surface area contributed by atoms with E-state index in [9.17, 15) is 4.79 Å². The first-order valence-electron chi connectivity index (χ1n) is 12.7. The summed E-state index contributed by atoms with van der Waals surface area (Å²) in [5.74, 6) is 1.80. The SMILES string of the molecule is CCn1cc(/C=C2\Oc3c4c(cc(C)c3C2=O)OCN(CCCc2ccccc2)C4)c2ccccc21. The van der Waals surface area contributed by atoms with E-state index in [1.807, 2.05) is 37.3 Å². The maximum atomic E-state index is 13.5. The summed E-state index contributed by atoms with van der Waals surface area (Å²) < 4.78 is 14.6. The van der Waals surface area contributed by atoms with Crippen LogP contribution in [0.3, 0.4) is 0 Å². The maximum Gasteiger partial charge on any atom is 0.232 e. The van der Waals surface area contributed by atoms with Gasteiger partial charge in [0.05, 0.1) is 11.1 Å². The van der Waals surface area contributed by atoms with Crippen molar-refractivity contribution in [3.63, 3.8) is 0 Å². The summed E-state index contributed by atoms with van der Waals surface area (Å²) >= 11 is 0. The van der Waals surface area contributed by atoms with Gasteiger partial charge in [0.25, 0.3) is 0 Å². The lowest BCUT2D eigenvalue weighted by Gasteiger charge is -2.30. The molecule has 0 spiro atoms. The van der Waals surface area contributed by atoms with E-state index in [1.165, 1.54) is 5.56 Å². The van der Waals surface area contributed by atoms with Crippen LogP contribution in [0.5, 0.6) is 11.5 Å². The first kappa shape index (κ1) is 22.6. The van der Waals surface area contributed by atoms with Crippen LogP contribution in [-0.4, -0.2) is 28.5 Å². The fraction of sp³-hybridized carbons (Fsp3) is 0.258. The molecule has 2 aliphatic rings. The number of ether oxygens (including phenoxy) is 2. The van der Waals surface area contributed by atoms with Gasteiger partial charge in [-0.25, -0.2) is 0 Å². The van der Waals surface area contributed by atoms with Gasteiger partial charge in [0.15, 0.2) is 5.76 Å². The second-order valence-electron chi connectivity index (χ2n) is 9.62. The number of carbonyl (C=O) groups is 1. The van der Waals surface area contributed by atoms with Crippen LogP contribution in [0.15, 0.2) is 72.6 Å². The smallest absolute Gasteiger partial charge is 0.232 e. The number of nitrogens with zero attached hydrogens (tertiary/aromatic N) is 2. The molecular formula is C31H30N2O3. The molecule has 6 rings (SSSR count). The number of rotatable bonds is 6. The summed E-state index contributed by atoms with van der Waals surface area (Å²) in [6, 6.07) is 20.8. The largest absolute Gasteiger partial charge is 0.478 e. The first-order valence-corrected chi connectivity index (χ1v) is 12.7. The van der Waals surface area contributed by atoms with Crippen LogP contribution in [0.2, 0.25) is 0 Å².